The number of allylic oxidation sites excluding steroid dienone is 22. The Morgan fingerprint density at radius 2 is 0.558 bits per heavy atom. The quantitative estimate of drug-likeness (QED) is 0.0146. The molecule has 5 unspecified atom stereocenters. The van der Waals surface area contributed by atoms with E-state index in [-0.39, 0.29) is 19.3 Å². The Balaban J connectivity index is 4.75. The lowest BCUT2D eigenvalue weighted by atomic mass is 10.1. The first-order chi connectivity index (χ1) is 46.2. The number of esters is 3. The molecule has 0 bridgehead atoms. The van der Waals surface area contributed by atoms with Crippen LogP contribution in [0.25, 0.3) is 0 Å². The van der Waals surface area contributed by atoms with Crippen molar-refractivity contribution in [2.24, 2.45) is 0 Å². The number of carbonyl (C=O) groups excluding carboxylic acids is 3. The number of carbonyl (C=O) groups is 3. The van der Waals surface area contributed by atoms with Gasteiger partial charge in [-0.2, -0.15) is 0 Å². The van der Waals surface area contributed by atoms with Gasteiger partial charge in [0, 0.05) is 19.3 Å². The molecule has 0 saturated carbocycles. The van der Waals surface area contributed by atoms with Gasteiger partial charge < -0.3 is 34.2 Å². The number of aliphatic hydroxyl groups excluding tert-OH is 2. The molecule has 16 nitrogen and oxygen atoms in total. The number of hydrogen-bond acceptors (Lipinski definition) is 14. The molecule has 0 aromatic rings. The summed E-state index contributed by atoms with van der Waals surface area (Å²) in [6.45, 7) is 2.45. The summed E-state index contributed by atoms with van der Waals surface area (Å²) in [4.78, 5) is 58.6. The summed E-state index contributed by atoms with van der Waals surface area (Å²) < 4.78 is 61.0. The van der Waals surface area contributed by atoms with Gasteiger partial charge in [0.1, 0.15) is 25.4 Å². The number of aliphatic hydroxyl groups is 2. The van der Waals surface area contributed by atoms with Crippen molar-refractivity contribution in [3.8, 4) is 0 Å². The van der Waals surface area contributed by atoms with Crippen molar-refractivity contribution in [3.05, 3.63) is 134 Å². The van der Waals surface area contributed by atoms with Gasteiger partial charge in [0.15, 0.2) is 6.10 Å². The Hall–Kier alpha value is -4.31. The zero-order chi connectivity index (χ0) is 69.5. The second-order valence-corrected chi connectivity index (χ2v) is 26.9. The molecule has 0 fully saturated rings. The first-order valence-electron chi connectivity index (χ1n) is 36.5. The maximum absolute atomic E-state index is 13.0. The smallest absolute Gasteiger partial charge is 0.463 e. The van der Waals surface area contributed by atoms with Crippen molar-refractivity contribution >= 4 is 33.6 Å². The summed E-state index contributed by atoms with van der Waals surface area (Å²) in [5.41, 5.74) is 0. The largest absolute Gasteiger partial charge is 0.472 e. The molecule has 0 radical (unpaired) electrons. The van der Waals surface area contributed by atoms with Crippen LogP contribution in [0.15, 0.2) is 134 Å². The van der Waals surface area contributed by atoms with E-state index in [1.807, 2.05) is 0 Å². The fourth-order valence-electron chi connectivity index (χ4n) is 9.26. The van der Waals surface area contributed by atoms with E-state index >= 15 is 0 Å². The van der Waals surface area contributed by atoms with Crippen LogP contribution in [0, 0.1) is 0 Å². The first kappa shape index (κ1) is 90.7. The Morgan fingerprint density at radius 3 is 0.884 bits per heavy atom. The van der Waals surface area contributed by atoms with Crippen LogP contribution in [0.4, 0.5) is 0 Å². The Kier molecular flexibility index (Phi) is 66.4. The van der Waals surface area contributed by atoms with Crippen molar-refractivity contribution in [3.63, 3.8) is 0 Å². The third-order valence-corrected chi connectivity index (χ3v) is 16.7. The van der Waals surface area contributed by atoms with Crippen LogP contribution >= 0.6 is 15.6 Å². The molecule has 0 amide bonds. The van der Waals surface area contributed by atoms with E-state index in [0.717, 1.165) is 173 Å². The summed E-state index contributed by atoms with van der Waals surface area (Å²) in [5.74, 6) is -1.63. The number of rotatable bonds is 68. The fourth-order valence-corrected chi connectivity index (χ4v) is 10.8. The minimum atomic E-state index is -4.94. The highest BCUT2D eigenvalue weighted by molar-refractivity contribution is 7.47. The molecule has 4 N–H and O–H groups in total. The lowest BCUT2D eigenvalue weighted by Crippen LogP contribution is -2.30. The van der Waals surface area contributed by atoms with Gasteiger partial charge in [-0.3, -0.25) is 32.5 Å². The molecule has 544 valence electrons. The number of unbranched alkanes of at least 4 members (excludes halogenated alkanes) is 23. The highest BCUT2D eigenvalue weighted by Crippen LogP contribution is 2.45. The lowest BCUT2D eigenvalue weighted by molar-refractivity contribution is -0.161. The molecule has 0 aliphatic rings. The second-order valence-electron chi connectivity index (χ2n) is 24.0. The van der Waals surface area contributed by atoms with Crippen molar-refractivity contribution in [1.82, 2.24) is 0 Å². The normalized spacial score (nSPS) is 14.9. The third-order valence-electron chi connectivity index (χ3n) is 14.8. The van der Waals surface area contributed by atoms with Crippen LogP contribution in [0.2, 0.25) is 0 Å². The molecular weight excluding hydrogens is 1240 g/mol. The van der Waals surface area contributed by atoms with Gasteiger partial charge in [-0.15, -0.1) is 0 Å². The molecule has 0 aliphatic carbocycles. The standard InChI is InChI=1S/C77H130O16P2/c1-4-7-10-13-16-19-22-25-28-31-34-35-38-40-42-45-48-51-54-57-60-63-75(80)87-66-72(78)67-89-94(83,84)90-68-73(79)69-91-95(85,86)92-71-74(93-77(82)65-62-59-56-53-50-47-44-41-37-33-30-27-24-21-18-15-12-9-6-3)70-88-76(81)64-61-58-55-52-49-46-43-39-36-32-29-26-23-20-17-14-11-8-5-2/h8,11,16-21,25-30,34-37,39-42,72-74,78-79H,4-7,9-10,12-15,22-24,31-33,38,43-71H2,1-3H3,(H,83,84)(H,85,86)/b11-8-,19-16-,20-17-,21-18-,28-25-,29-26-,30-27-,35-34-,39-36-,41-37-,42-40-. The molecule has 0 rings (SSSR count). The molecule has 0 aliphatic heterocycles. The Labute approximate surface area is 575 Å². The maximum atomic E-state index is 13.0. The minimum Gasteiger partial charge on any atom is -0.463 e. The van der Waals surface area contributed by atoms with E-state index in [2.05, 4.69) is 154 Å². The van der Waals surface area contributed by atoms with Gasteiger partial charge in [-0.05, 0) is 141 Å². The van der Waals surface area contributed by atoms with Crippen molar-refractivity contribution in [2.45, 2.75) is 296 Å². The molecular formula is C77H130O16P2. The van der Waals surface area contributed by atoms with E-state index in [4.69, 9.17) is 32.3 Å². The number of hydrogen-bond donors (Lipinski definition) is 4. The predicted octanol–water partition coefficient (Wildman–Crippen LogP) is 20.8. The highest BCUT2D eigenvalue weighted by Gasteiger charge is 2.29. The molecule has 95 heavy (non-hydrogen) atoms. The van der Waals surface area contributed by atoms with Gasteiger partial charge >= 0.3 is 33.6 Å². The lowest BCUT2D eigenvalue weighted by Gasteiger charge is -2.21. The monoisotopic (exact) mass is 1370 g/mol. The summed E-state index contributed by atoms with van der Waals surface area (Å²) in [7, 11) is -9.80. The SMILES string of the molecule is CC/C=C\C/C=C\C/C=C\C/C=C\CCCCCCCCC(=O)OCC(COP(=O)(O)OCC(O)COP(=O)(O)OCC(O)COC(=O)CCCCCCC/C=C\C/C=C\C/C=C\C/C=C\CCCCC)OC(=O)CCCCCCCC/C=C\C/C=C\C/C=C\CCCCC. The van der Waals surface area contributed by atoms with E-state index in [1.54, 1.807) is 0 Å². The predicted molar refractivity (Wildman–Crippen MR) is 390 cm³/mol. The molecule has 18 heteroatoms. The summed E-state index contributed by atoms with van der Waals surface area (Å²) in [5, 5.41) is 20.6. The average Bonchev–Trinajstić information content (AvgIpc) is 1.75. The Bertz CT molecular complexity index is 2260. The number of phosphoric acid groups is 2. The van der Waals surface area contributed by atoms with Gasteiger partial charge in [0.25, 0.3) is 0 Å². The van der Waals surface area contributed by atoms with Crippen LogP contribution < -0.4 is 0 Å². The van der Waals surface area contributed by atoms with Gasteiger partial charge in [-0.1, -0.05) is 251 Å². The summed E-state index contributed by atoms with van der Waals surface area (Å²) >= 11 is 0. The van der Waals surface area contributed by atoms with Crippen LogP contribution in [0.1, 0.15) is 278 Å². The van der Waals surface area contributed by atoms with Crippen LogP contribution in [-0.4, -0.2) is 95.9 Å². The van der Waals surface area contributed by atoms with Crippen molar-refractivity contribution < 1.29 is 75.8 Å². The van der Waals surface area contributed by atoms with Crippen LogP contribution in [-0.2, 0) is 55.8 Å². The molecule has 5 atom stereocenters. The van der Waals surface area contributed by atoms with E-state index in [0.29, 0.717) is 19.3 Å². The average molecular weight is 1370 g/mol. The first-order valence-corrected chi connectivity index (χ1v) is 39.5. The van der Waals surface area contributed by atoms with Gasteiger partial charge in [0.2, 0.25) is 0 Å². The summed E-state index contributed by atoms with van der Waals surface area (Å²) in [6.07, 6.45) is 81.9. The molecule has 0 heterocycles. The van der Waals surface area contributed by atoms with E-state index < -0.39 is 91.5 Å². The molecule has 0 aromatic heterocycles. The zero-order valence-corrected chi connectivity index (χ0v) is 60.8. The molecule has 0 spiro atoms. The zero-order valence-electron chi connectivity index (χ0n) is 59.0. The second kappa shape index (κ2) is 69.6. The van der Waals surface area contributed by atoms with E-state index in [9.17, 15) is 43.5 Å². The van der Waals surface area contributed by atoms with Crippen LogP contribution in [0.3, 0.4) is 0 Å². The number of ether oxygens (including phenoxy) is 3. The van der Waals surface area contributed by atoms with Crippen molar-refractivity contribution in [1.29, 1.82) is 0 Å². The maximum Gasteiger partial charge on any atom is 0.472 e. The van der Waals surface area contributed by atoms with Gasteiger partial charge in [0.05, 0.1) is 26.4 Å². The van der Waals surface area contributed by atoms with E-state index in [1.165, 1.54) is 44.9 Å². The Morgan fingerprint density at radius 1 is 0.305 bits per heavy atom. The highest BCUT2D eigenvalue weighted by atomic mass is 31.2. The topological polar surface area (TPSA) is 231 Å². The van der Waals surface area contributed by atoms with Crippen molar-refractivity contribution in [2.75, 3.05) is 39.6 Å². The third kappa shape index (κ3) is 70.8. The van der Waals surface area contributed by atoms with Gasteiger partial charge in [-0.25, -0.2) is 9.13 Å². The number of phosphoric ester groups is 2. The van der Waals surface area contributed by atoms with Crippen LogP contribution in [0.5, 0.6) is 0 Å². The molecule has 0 aromatic carbocycles. The minimum absolute atomic E-state index is 0.0821. The molecule has 0 saturated heterocycles. The fraction of sp³-hybridized carbons (Fsp3) is 0.675. The summed E-state index contributed by atoms with van der Waals surface area (Å²) in [6, 6.07) is 0.